The van der Waals surface area contributed by atoms with Crippen LogP contribution in [0.4, 0.5) is 5.69 Å². The highest BCUT2D eigenvalue weighted by molar-refractivity contribution is 5.94. The first-order valence-corrected chi connectivity index (χ1v) is 11.3. The molecule has 0 aliphatic carbocycles. The van der Waals surface area contributed by atoms with Crippen molar-refractivity contribution in [3.05, 3.63) is 59.9 Å². The fourth-order valence-electron chi connectivity index (χ4n) is 4.16. The lowest BCUT2D eigenvalue weighted by atomic mass is 10.2. The molecule has 1 amide bonds. The Bertz CT molecular complexity index is 1020. The number of rotatable bonds is 7. The molecule has 1 fully saturated rings. The number of anilines is 1. The van der Waals surface area contributed by atoms with Crippen LogP contribution in [0, 0.1) is 5.92 Å². The minimum absolute atomic E-state index is 0.0304. The first-order chi connectivity index (χ1) is 15.0. The molecule has 1 aromatic heterocycles. The molecule has 31 heavy (non-hydrogen) atoms. The van der Waals surface area contributed by atoms with Gasteiger partial charge in [0.1, 0.15) is 5.82 Å². The fourth-order valence-corrected chi connectivity index (χ4v) is 4.16. The summed E-state index contributed by atoms with van der Waals surface area (Å²) in [4.78, 5) is 22.0. The number of benzene rings is 2. The molecular weight excluding hydrogens is 386 g/mol. The molecule has 164 valence electrons. The van der Waals surface area contributed by atoms with Gasteiger partial charge in [0.05, 0.1) is 17.6 Å². The predicted octanol–water partition coefficient (Wildman–Crippen LogP) is 3.97. The lowest BCUT2D eigenvalue weighted by molar-refractivity contribution is -0.118. The highest BCUT2D eigenvalue weighted by atomic mass is 16.1. The largest absolute Gasteiger partial charge is 0.327 e. The van der Waals surface area contributed by atoms with Gasteiger partial charge in [0, 0.05) is 50.9 Å². The van der Waals surface area contributed by atoms with Crippen molar-refractivity contribution < 1.29 is 4.79 Å². The first-order valence-electron chi connectivity index (χ1n) is 11.3. The second kappa shape index (κ2) is 9.62. The van der Waals surface area contributed by atoms with E-state index in [4.69, 9.17) is 4.98 Å². The molecule has 0 spiro atoms. The fraction of sp³-hybridized carbons (Fsp3) is 0.440. The molecule has 1 aliphatic rings. The van der Waals surface area contributed by atoms with Crippen molar-refractivity contribution in [2.45, 2.75) is 40.4 Å². The van der Waals surface area contributed by atoms with Crippen molar-refractivity contribution in [3.8, 4) is 0 Å². The van der Waals surface area contributed by atoms with Crippen LogP contribution in [0.15, 0.2) is 48.5 Å². The minimum atomic E-state index is -0.0417. The number of amides is 1. The van der Waals surface area contributed by atoms with Gasteiger partial charge in [0.25, 0.3) is 0 Å². The van der Waals surface area contributed by atoms with Crippen LogP contribution in [0.1, 0.15) is 32.2 Å². The van der Waals surface area contributed by atoms with E-state index in [1.807, 2.05) is 26.0 Å². The van der Waals surface area contributed by atoms with Crippen molar-refractivity contribution in [3.63, 3.8) is 0 Å². The van der Waals surface area contributed by atoms with Crippen molar-refractivity contribution in [2.75, 3.05) is 31.5 Å². The zero-order chi connectivity index (χ0) is 21.8. The second-order valence-corrected chi connectivity index (χ2v) is 8.66. The topological polar surface area (TPSA) is 53.4 Å². The Hall–Kier alpha value is -2.70. The van der Waals surface area contributed by atoms with E-state index in [1.54, 1.807) is 0 Å². The van der Waals surface area contributed by atoms with Crippen molar-refractivity contribution in [1.29, 1.82) is 0 Å². The average molecular weight is 420 g/mol. The van der Waals surface area contributed by atoms with E-state index in [0.717, 1.165) is 68.4 Å². The van der Waals surface area contributed by atoms with Gasteiger partial charge in [-0.15, -0.1) is 0 Å². The number of hydrogen-bond donors (Lipinski definition) is 1. The van der Waals surface area contributed by atoms with Gasteiger partial charge >= 0.3 is 0 Å². The summed E-state index contributed by atoms with van der Waals surface area (Å²) in [6.07, 6.45) is 0. The summed E-state index contributed by atoms with van der Waals surface area (Å²) in [5.41, 5.74) is 4.26. The molecule has 1 saturated heterocycles. The van der Waals surface area contributed by atoms with Gasteiger partial charge in [-0.2, -0.15) is 0 Å². The third-order valence-electron chi connectivity index (χ3n) is 6.01. The van der Waals surface area contributed by atoms with E-state index in [9.17, 15) is 4.79 Å². The minimum Gasteiger partial charge on any atom is -0.327 e. The van der Waals surface area contributed by atoms with Gasteiger partial charge < -0.3 is 9.88 Å². The lowest BCUT2D eigenvalue weighted by Gasteiger charge is -2.34. The SMILES string of the molecule is CCn1c(CN2CCN(Cc3ccccc3)CC2)nc2cc(NC(=O)C(C)C)ccc21. The van der Waals surface area contributed by atoms with Crippen LogP contribution >= 0.6 is 0 Å². The van der Waals surface area contributed by atoms with E-state index in [-0.39, 0.29) is 11.8 Å². The Morgan fingerprint density at radius 1 is 1.00 bits per heavy atom. The highest BCUT2D eigenvalue weighted by Crippen LogP contribution is 2.22. The maximum absolute atomic E-state index is 12.0. The highest BCUT2D eigenvalue weighted by Gasteiger charge is 2.20. The Labute approximate surface area is 184 Å². The number of carbonyl (C=O) groups excluding carboxylic acids is 1. The van der Waals surface area contributed by atoms with Gasteiger partial charge in [-0.25, -0.2) is 4.98 Å². The van der Waals surface area contributed by atoms with E-state index < -0.39 is 0 Å². The maximum atomic E-state index is 12.0. The van der Waals surface area contributed by atoms with Crippen molar-refractivity contribution in [1.82, 2.24) is 19.4 Å². The number of nitrogens with zero attached hydrogens (tertiary/aromatic N) is 4. The summed E-state index contributed by atoms with van der Waals surface area (Å²) in [5.74, 6) is 1.09. The number of carbonyl (C=O) groups is 1. The Kier molecular flexibility index (Phi) is 6.68. The molecule has 0 atom stereocenters. The number of hydrogen-bond acceptors (Lipinski definition) is 4. The molecule has 3 aromatic rings. The summed E-state index contributed by atoms with van der Waals surface area (Å²) in [6, 6.07) is 16.7. The van der Waals surface area contributed by atoms with E-state index >= 15 is 0 Å². The van der Waals surface area contributed by atoms with Crippen molar-refractivity contribution >= 4 is 22.6 Å². The Morgan fingerprint density at radius 2 is 1.68 bits per heavy atom. The quantitative estimate of drug-likeness (QED) is 0.630. The van der Waals surface area contributed by atoms with Crippen molar-refractivity contribution in [2.24, 2.45) is 5.92 Å². The molecule has 1 N–H and O–H groups in total. The summed E-state index contributed by atoms with van der Waals surface area (Å²) in [6.45, 7) is 13.0. The molecule has 4 rings (SSSR count). The van der Waals surface area contributed by atoms with Gasteiger partial charge in [-0.1, -0.05) is 44.2 Å². The monoisotopic (exact) mass is 419 g/mol. The number of aryl methyl sites for hydroxylation is 1. The second-order valence-electron chi connectivity index (χ2n) is 8.66. The van der Waals surface area contributed by atoms with Crippen LogP contribution in [-0.2, 0) is 24.4 Å². The van der Waals surface area contributed by atoms with Crippen LogP contribution in [0.25, 0.3) is 11.0 Å². The molecule has 0 radical (unpaired) electrons. The number of imidazole rings is 1. The van der Waals surface area contributed by atoms with Crippen LogP contribution in [-0.4, -0.2) is 51.4 Å². The molecule has 1 aliphatic heterocycles. The van der Waals surface area contributed by atoms with Gasteiger partial charge in [-0.05, 0) is 30.7 Å². The maximum Gasteiger partial charge on any atom is 0.226 e. The molecular formula is C25H33N5O. The summed E-state index contributed by atoms with van der Waals surface area (Å²) in [7, 11) is 0. The molecule has 6 heteroatoms. The van der Waals surface area contributed by atoms with E-state index in [1.165, 1.54) is 5.56 Å². The third-order valence-corrected chi connectivity index (χ3v) is 6.01. The number of aromatic nitrogens is 2. The third kappa shape index (κ3) is 5.14. The van der Waals surface area contributed by atoms with Gasteiger partial charge in [-0.3, -0.25) is 14.6 Å². The molecule has 2 aromatic carbocycles. The first kappa shape index (κ1) is 21.5. The Morgan fingerprint density at radius 3 is 2.32 bits per heavy atom. The number of nitrogens with one attached hydrogen (secondary N) is 1. The summed E-state index contributed by atoms with van der Waals surface area (Å²) in [5, 5.41) is 2.98. The summed E-state index contributed by atoms with van der Waals surface area (Å²) < 4.78 is 2.29. The van der Waals surface area contributed by atoms with Gasteiger partial charge in [0.2, 0.25) is 5.91 Å². The molecule has 0 bridgehead atoms. The number of fused-ring (bicyclic) bond motifs is 1. The number of piperazine rings is 1. The molecule has 0 unspecified atom stereocenters. The summed E-state index contributed by atoms with van der Waals surface area (Å²) >= 11 is 0. The zero-order valence-electron chi connectivity index (χ0n) is 18.8. The van der Waals surface area contributed by atoms with Crippen LogP contribution in [0.3, 0.4) is 0 Å². The Balaban J connectivity index is 1.41. The zero-order valence-corrected chi connectivity index (χ0v) is 18.8. The van der Waals surface area contributed by atoms with E-state index in [2.05, 4.69) is 63.0 Å². The molecule has 6 nitrogen and oxygen atoms in total. The molecule has 2 heterocycles. The van der Waals surface area contributed by atoms with Crippen LogP contribution < -0.4 is 5.32 Å². The molecule has 0 saturated carbocycles. The predicted molar refractivity (Wildman–Crippen MR) is 126 cm³/mol. The standard InChI is InChI=1S/C25H33N5O/c1-4-30-23-11-10-21(26-25(31)19(2)3)16-22(23)27-24(30)18-29-14-12-28(13-15-29)17-20-8-6-5-7-9-20/h5-11,16,19H,4,12-15,17-18H2,1-3H3,(H,26,31). The van der Waals surface area contributed by atoms with Crippen LogP contribution in [0.5, 0.6) is 0 Å². The normalized spacial score (nSPS) is 15.6. The van der Waals surface area contributed by atoms with Crippen LogP contribution in [0.2, 0.25) is 0 Å². The smallest absolute Gasteiger partial charge is 0.226 e. The lowest BCUT2D eigenvalue weighted by Crippen LogP contribution is -2.45. The van der Waals surface area contributed by atoms with E-state index in [0.29, 0.717) is 0 Å². The average Bonchev–Trinajstić information content (AvgIpc) is 3.11. The van der Waals surface area contributed by atoms with Gasteiger partial charge in [0.15, 0.2) is 0 Å².